The zero-order valence-corrected chi connectivity index (χ0v) is 23.2. The second-order valence-corrected chi connectivity index (χ2v) is 10.3. The summed E-state index contributed by atoms with van der Waals surface area (Å²) in [6, 6.07) is 15.2. The molecule has 1 saturated heterocycles. The SMILES string of the molecule is CCCCCOC1(c2ccccc2C)CN(C(=O)C(Cc2ccc(OC)cc2)NC(=O)CCc2cnc[nH]2)C1. The van der Waals surface area contributed by atoms with Crippen LogP contribution in [0.4, 0.5) is 0 Å². The Hall–Kier alpha value is -3.65. The van der Waals surface area contributed by atoms with Crippen molar-refractivity contribution in [3.63, 3.8) is 0 Å². The summed E-state index contributed by atoms with van der Waals surface area (Å²) in [6.45, 7) is 5.85. The van der Waals surface area contributed by atoms with E-state index in [0.717, 1.165) is 47.4 Å². The Balaban J connectivity index is 1.48. The smallest absolute Gasteiger partial charge is 0.245 e. The van der Waals surface area contributed by atoms with Gasteiger partial charge in [0.1, 0.15) is 17.4 Å². The Morgan fingerprint density at radius 3 is 2.56 bits per heavy atom. The lowest BCUT2D eigenvalue weighted by molar-refractivity contribution is -0.175. The van der Waals surface area contributed by atoms with Gasteiger partial charge < -0.3 is 24.7 Å². The van der Waals surface area contributed by atoms with Gasteiger partial charge in [-0.2, -0.15) is 0 Å². The van der Waals surface area contributed by atoms with Crippen LogP contribution in [-0.4, -0.2) is 59.5 Å². The molecule has 1 aromatic heterocycles. The molecule has 0 saturated carbocycles. The Labute approximate surface area is 231 Å². The molecule has 1 unspecified atom stereocenters. The first-order valence-electron chi connectivity index (χ1n) is 13.8. The molecule has 2 aromatic carbocycles. The minimum atomic E-state index is -0.678. The molecule has 1 aliphatic rings. The molecule has 2 heterocycles. The molecule has 8 heteroatoms. The van der Waals surface area contributed by atoms with Crippen LogP contribution < -0.4 is 10.1 Å². The molecule has 8 nitrogen and oxygen atoms in total. The van der Waals surface area contributed by atoms with Gasteiger partial charge in [0.15, 0.2) is 0 Å². The maximum atomic E-state index is 13.8. The summed E-state index contributed by atoms with van der Waals surface area (Å²) >= 11 is 0. The van der Waals surface area contributed by atoms with E-state index in [4.69, 9.17) is 9.47 Å². The van der Waals surface area contributed by atoms with Gasteiger partial charge in [-0.25, -0.2) is 4.98 Å². The van der Waals surface area contributed by atoms with Crippen molar-refractivity contribution >= 4 is 11.8 Å². The summed E-state index contributed by atoms with van der Waals surface area (Å²) in [5.41, 5.74) is 3.59. The number of hydrogen-bond acceptors (Lipinski definition) is 5. The minimum Gasteiger partial charge on any atom is -0.497 e. The van der Waals surface area contributed by atoms with Crippen molar-refractivity contribution in [2.75, 3.05) is 26.8 Å². The lowest BCUT2D eigenvalue weighted by Crippen LogP contribution is -2.66. The molecule has 3 aromatic rings. The average molecular weight is 533 g/mol. The van der Waals surface area contributed by atoms with Crippen LogP contribution in [0.5, 0.6) is 5.75 Å². The zero-order chi connectivity index (χ0) is 27.7. The summed E-state index contributed by atoms with van der Waals surface area (Å²) in [5, 5.41) is 3.01. The van der Waals surface area contributed by atoms with Crippen LogP contribution >= 0.6 is 0 Å². The summed E-state index contributed by atoms with van der Waals surface area (Å²) in [4.78, 5) is 35.6. The van der Waals surface area contributed by atoms with Crippen molar-refractivity contribution in [1.29, 1.82) is 0 Å². The number of amides is 2. The molecule has 0 radical (unpaired) electrons. The number of unbranched alkanes of at least 4 members (excludes halogenated alkanes) is 2. The maximum absolute atomic E-state index is 13.8. The minimum absolute atomic E-state index is 0.0953. The van der Waals surface area contributed by atoms with E-state index in [-0.39, 0.29) is 18.2 Å². The number of nitrogens with one attached hydrogen (secondary N) is 2. The number of ether oxygens (including phenoxy) is 2. The number of carbonyl (C=O) groups is 2. The Kier molecular flexibility index (Phi) is 9.76. The molecular formula is C31H40N4O4. The lowest BCUT2D eigenvalue weighted by Gasteiger charge is -2.51. The zero-order valence-electron chi connectivity index (χ0n) is 23.2. The van der Waals surface area contributed by atoms with Gasteiger partial charge in [-0.3, -0.25) is 9.59 Å². The Morgan fingerprint density at radius 1 is 1.13 bits per heavy atom. The maximum Gasteiger partial charge on any atom is 0.245 e. The number of H-pyrrole nitrogens is 1. The molecule has 0 aliphatic carbocycles. The molecule has 2 amide bonds. The van der Waals surface area contributed by atoms with Crippen LogP contribution in [0.25, 0.3) is 0 Å². The van der Waals surface area contributed by atoms with E-state index < -0.39 is 11.6 Å². The fourth-order valence-electron chi connectivity index (χ4n) is 5.12. The summed E-state index contributed by atoms with van der Waals surface area (Å²) in [6.07, 6.45) is 7.72. The van der Waals surface area contributed by atoms with Crippen LogP contribution in [0, 0.1) is 6.92 Å². The second-order valence-electron chi connectivity index (χ2n) is 10.3. The topological polar surface area (TPSA) is 96.6 Å². The van der Waals surface area contributed by atoms with E-state index >= 15 is 0 Å². The molecule has 4 rings (SSSR count). The standard InChI is InChI=1S/C31H40N4O4/c1-4-5-8-17-39-31(27-10-7-6-9-23(27)2)20-35(21-31)30(37)28(18-24-11-14-26(38-3)15-12-24)34-29(36)16-13-25-19-32-22-33-25/h6-7,9-12,14-15,19,22,28H,4-5,8,13,16-18,20-21H2,1-3H3,(H,32,33)(H,34,36). The number of benzene rings is 2. The van der Waals surface area contributed by atoms with Gasteiger partial charge in [-0.15, -0.1) is 0 Å². The van der Waals surface area contributed by atoms with Crippen LogP contribution in [0.1, 0.15) is 55.0 Å². The highest BCUT2D eigenvalue weighted by Crippen LogP contribution is 2.38. The number of rotatable bonds is 14. The largest absolute Gasteiger partial charge is 0.497 e. The van der Waals surface area contributed by atoms with Crippen molar-refractivity contribution in [3.8, 4) is 5.75 Å². The van der Waals surface area contributed by atoms with Crippen LogP contribution in [0.3, 0.4) is 0 Å². The lowest BCUT2D eigenvalue weighted by atomic mass is 9.82. The van der Waals surface area contributed by atoms with E-state index in [1.54, 1.807) is 19.6 Å². The number of aromatic nitrogens is 2. The first kappa shape index (κ1) is 28.4. The number of likely N-dealkylation sites (tertiary alicyclic amines) is 1. The number of carbonyl (C=O) groups excluding carboxylic acids is 2. The van der Waals surface area contributed by atoms with Gasteiger partial charge in [0.2, 0.25) is 11.8 Å². The number of aryl methyl sites for hydroxylation is 2. The molecule has 1 atom stereocenters. The number of imidazole rings is 1. The van der Waals surface area contributed by atoms with E-state index in [0.29, 0.717) is 32.5 Å². The highest BCUT2D eigenvalue weighted by molar-refractivity contribution is 5.88. The van der Waals surface area contributed by atoms with Crippen LogP contribution in [0.15, 0.2) is 61.1 Å². The average Bonchev–Trinajstić information content (AvgIpc) is 3.45. The quantitative estimate of drug-likeness (QED) is 0.301. The first-order chi connectivity index (χ1) is 18.9. The predicted molar refractivity (Wildman–Crippen MR) is 150 cm³/mol. The van der Waals surface area contributed by atoms with Gasteiger partial charge in [0, 0.05) is 31.3 Å². The second kappa shape index (κ2) is 13.4. The van der Waals surface area contributed by atoms with Crippen LogP contribution in [-0.2, 0) is 32.8 Å². The molecule has 208 valence electrons. The van der Waals surface area contributed by atoms with Crippen molar-refractivity contribution in [2.24, 2.45) is 0 Å². The Bertz CT molecular complexity index is 1200. The van der Waals surface area contributed by atoms with Gasteiger partial charge >= 0.3 is 0 Å². The van der Waals surface area contributed by atoms with Crippen molar-refractivity contribution in [1.82, 2.24) is 20.2 Å². The molecule has 1 aliphatic heterocycles. The van der Waals surface area contributed by atoms with E-state index in [9.17, 15) is 9.59 Å². The normalized spacial score (nSPS) is 14.9. The van der Waals surface area contributed by atoms with E-state index in [2.05, 4.69) is 41.3 Å². The monoisotopic (exact) mass is 532 g/mol. The third-order valence-electron chi connectivity index (χ3n) is 7.37. The molecule has 2 N–H and O–H groups in total. The van der Waals surface area contributed by atoms with Crippen LogP contribution in [0.2, 0.25) is 0 Å². The van der Waals surface area contributed by atoms with Gasteiger partial charge in [-0.1, -0.05) is 56.2 Å². The Morgan fingerprint density at radius 2 is 1.90 bits per heavy atom. The van der Waals surface area contributed by atoms with Crippen molar-refractivity contribution in [3.05, 3.63) is 83.4 Å². The van der Waals surface area contributed by atoms with Gasteiger partial charge in [0.25, 0.3) is 0 Å². The summed E-state index contributed by atoms with van der Waals surface area (Å²) < 4.78 is 11.8. The van der Waals surface area contributed by atoms with E-state index in [1.807, 2.05) is 41.3 Å². The molecular weight excluding hydrogens is 492 g/mol. The molecule has 1 fully saturated rings. The van der Waals surface area contributed by atoms with Gasteiger partial charge in [-0.05, 0) is 48.6 Å². The van der Waals surface area contributed by atoms with Crippen molar-refractivity contribution in [2.45, 2.75) is 64.0 Å². The van der Waals surface area contributed by atoms with Crippen molar-refractivity contribution < 1.29 is 19.1 Å². The number of methoxy groups -OCH3 is 1. The number of hydrogen-bond donors (Lipinski definition) is 2. The summed E-state index contributed by atoms with van der Waals surface area (Å²) in [7, 11) is 1.62. The number of aromatic amines is 1. The fourth-order valence-corrected chi connectivity index (χ4v) is 5.12. The van der Waals surface area contributed by atoms with E-state index in [1.165, 1.54) is 0 Å². The molecule has 0 spiro atoms. The van der Waals surface area contributed by atoms with Gasteiger partial charge in [0.05, 0.1) is 26.5 Å². The molecule has 39 heavy (non-hydrogen) atoms. The highest BCUT2D eigenvalue weighted by atomic mass is 16.5. The number of nitrogens with zero attached hydrogens (tertiary/aromatic N) is 2. The third-order valence-corrected chi connectivity index (χ3v) is 7.37. The fraction of sp³-hybridized carbons (Fsp3) is 0.452. The third kappa shape index (κ3) is 7.26. The molecule has 0 bridgehead atoms. The highest BCUT2D eigenvalue weighted by Gasteiger charge is 2.49. The predicted octanol–water partition coefficient (Wildman–Crippen LogP) is 4.33. The summed E-state index contributed by atoms with van der Waals surface area (Å²) in [5.74, 6) is 0.483. The first-order valence-corrected chi connectivity index (χ1v) is 13.8.